The summed E-state index contributed by atoms with van der Waals surface area (Å²) in [5, 5.41) is 147. The number of hydrogen-bond acceptors (Lipinski definition) is 32. The van der Waals surface area contributed by atoms with Crippen LogP contribution in [0.1, 0.15) is 134 Å². The van der Waals surface area contributed by atoms with Crippen molar-refractivity contribution in [3.8, 4) is 5.75 Å². The van der Waals surface area contributed by atoms with Gasteiger partial charge < -0.3 is 174 Å². The van der Waals surface area contributed by atoms with Gasteiger partial charge in [0.2, 0.25) is 106 Å². The summed E-state index contributed by atoms with van der Waals surface area (Å²) in [5.74, 6) is -33.9. The van der Waals surface area contributed by atoms with Crippen LogP contribution < -0.4 is 113 Å². The number of aromatic amines is 2. The lowest BCUT2D eigenvalue weighted by atomic mass is 9.99. The average Bonchev–Trinajstić information content (AvgIpc) is 1.20. The smallest absolute Gasteiger partial charge is 0.326 e. The van der Waals surface area contributed by atoms with E-state index in [-0.39, 0.29) is 60.5 Å². The molecule has 59 nitrogen and oxygen atoms in total. The first-order valence-corrected chi connectivity index (χ1v) is 45.4. The molecule has 4 rings (SSSR count). The van der Waals surface area contributed by atoms with Gasteiger partial charge in [-0.1, -0.05) is 76.6 Å². The van der Waals surface area contributed by atoms with Gasteiger partial charge in [0.25, 0.3) is 0 Å². The van der Waals surface area contributed by atoms with Crippen molar-refractivity contribution in [2.75, 3.05) is 26.4 Å². The topological polar surface area (TPSA) is 985 Å². The number of aliphatic hydroxyl groups is 4. The number of H-pyrrole nitrogens is 2. The van der Waals surface area contributed by atoms with Gasteiger partial charge in [-0.25, -0.2) is 14.8 Å². The summed E-state index contributed by atoms with van der Waals surface area (Å²) in [4.78, 5) is 326. The number of primary amides is 2. The Morgan fingerprint density at radius 2 is 0.705 bits per heavy atom. The van der Waals surface area contributed by atoms with Crippen molar-refractivity contribution in [2.24, 2.45) is 34.8 Å². The van der Waals surface area contributed by atoms with E-state index in [1.165, 1.54) is 55.8 Å². The van der Waals surface area contributed by atoms with E-state index in [9.17, 15) is 161 Å². The third kappa shape index (κ3) is 43.6. The van der Waals surface area contributed by atoms with Crippen LogP contribution in [0.4, 0.5) is 0 Å². The monoisotopic (exact) mass is 2060 g/mol. The first-order valence-electron chi connectivity index (χ1n) is 45.4. The number of carbonyl (C=O) groups is 23. The third-order valence-electron chi connectivity index (χ3n) is 21.8. The highest BCUT2D eigenvalue weighted by atomic mass is 16.4. The van der Waals surface area contributed by atoms with Crippen molar-refractivity contribution in [2.45, 2.75) is 246 Å². The normalized spacial score (nSPS) is 15.0. The van der Waals surface area contributed by atoms with Crippen molar-refractivity contribution >= 4 is 142 Å². The van der Waals surface area contributed by atoms with E-state index in [0.717, 1.165) is 31.6 Å². The number of carboxylic acid groups (broad SMARTS) is 5. The zero-order valence-corrected chi connectivity index (χ0v) is 79.8. The Morgan fingerprint density at radius 3 is 1.08 bits per heavy atom. The lowest BCUT2D eigenvalue weighted by molar-refractivity contribution is -0.144. The molecule has 0 fully saturated rings. The van der Waals surface area contributed by atoms with Gasteiger partial charge in [-0.05, 0) is 74.1 Å². The first-order chi connectivity index (χ1) is 68.8. The molecule has 0 aliphatic rings. The van der Waals surface area contributed by atoms with Crippen molar-refractivity contribution in [1.82, 2.24) is 110 Å². The molecular formula is C87H126N26O33. The van der Waals surface area contributed by atoms with Crippen molar-refractivity contribution in [3.63, 3.8) is 0 Å². The number of amides is 18. The Kier molecular flexibility index (Phi) is 51.2. The van der Waals surface area contributed by atoms with E-state index < -0.39 is 360 Å². The van der Waals surface area contributed by atoms with Gasteiger partial charge in [-0.2, -0.15) is 0 Å². The minimum atomic E-state index is -2.25. The molecule has 2 aromatic carbocycles. The summed E-state index contributed by atoms with van der Waals surface area (Å²) in [7, 11) is 0. The maximum absolute atomic E-state index is 14.8. The van der Waals surface area contributed by atoms with Gasteiger partial charge in [-0.3, -0.25) is 111 Å². The molecule has 0 radical (unpaired) electrons. The zero-order valence-electron chi connectivity index (χ0n) is 79.8. The van der Waals surface area contributed by atoms with Crippen LogP contribution in [0.2, 0.25) is 0 Å². The number of phenols is 1. The number of nitrogens with one attached hydrogen (secondary N) is 20. The second-order valence-corrected chi connectivity index (χ2v) is 34.1. The highest BCUT2D eigenvalue weighted by Gasteiger charge is 2.42. The summed E-state index contributed by atoms with van der Waals surface area (Å²) >= 11 is 0. The van der Waals surface area contributed by atoms with E-state index in [1.54, 1.807) is 26.8 Å². The molecule has 2 aromatic heterocycles. The SMILES string of the molecule is CC[C@H](C)[C@H](NC(=O)[C@H](CO)NC(=O)[C@H](CCC(N)=O)NC(=O)[C@H](CCC(=O)O)NC(=O)[C@@H](NC(=O)[C@H](Cc1cnc[nH]1)NC(=O)[C@H](CC(N)=O)NC(=O)[C@H](Cc1ccc(O)cc1)NC(=O)[C@H](CO)NC(=O)[C@H](CCCNC(=N)N)NC(=O)[C@H](CC(=O)O)NC(=O)[C@H](Cc1ccccc1)NC(=O)[C@H](CO)NC(=O)[C@H](CC(=O)O)NC(=O)[C@H](CC(C)C)NC(=O)[C@H](Cc1cnc[nH]1)NC(=O)[C@@H](N)CC(=O)O)[C@@H](C)O)C(=O)O. The van der Waals surface area contributed by atoms with Gasteiger partial charge in [-0.15, -0.1) is 0 Å². The molecule has 38 N–H and O–H groups in total. The number of imidazole rings is 2. The fourth-order valence-electron chi connectivity index (χ4n) is 13.8. The van der Waals surface area contributed by atoms with Crippen molar-refractivity contribution in [3.05, 3.63) is 102 Å². The second-order valence-electron chi connectivity index (χ2n) is 34.1. The highest BCUT2D eigenvalue weighted by Crippen LogP contribution is 2.18. The third-order valence-corrected chi connectivity index (χ3v) is 21.8. The summed E-state index contributed by atoms with van der Waals surface area (Å²) in [6.45, 7) is 3.16. The molecule has 0 saturated heterocycles. The van der Waals surface area contributed by atoms with Crippen LogP contribution in [0.15, 0.2) is 79.6 Å². The number of aliphatic carboxylic acids is 5. The Hall–Kier alpha value is -16.5. The largest absolute Gasteiger partial charge is 0.508 e. The second kappa shape index (κ2) is 61.4. The zero-order chi connectivity index (χ0) is 109. The molecule has 0 saturated carbocycles. The Balaban J connectivity index is 1.66. The minimum absolute atomic E-state index is 0.0428. The summed E-state index contributed by atoms with van der Waals surface area (Å²) < 4.78 is 0. The molecule has 4 aromatic rings. The average molecular weight is 2060 g/mol. The quantitative estimate of drug-likeness (QED) is 0.0111. The number of guanidine groups is 1. The van der Waals surface area contributed by atoms with Gasteiger partial charge in [0.1, 0.15) is 102 Å². The van der Waals surface area contributed by atoms with Crippen LogP contribution in [0.5, 0.6) is 5.75 Å². The van der Waals surface area contributed by atoms with E-state index in [4.69, 9.17) is 28.3 Å². The number of aromatic hydroxyl groups is 1. The molecule has 146 heavy (non-hydrogen) atoms. The standard InChI is InChI=1S/C87H126N26O33/c1-6-40(4)68(86(145)146)112-84(143)61(36-116)110-73(132)49(18-20-62(89)119)99-72(131)50(19-21-64(121)122)100-85(144)69(41(5)117)113-81(140)55(27-45-33-94-38-97-45)105-78(137)56(29-63(90)120)106-75(134)53(25-43-14-16-46(118)17-15-43)104-82(141)59(34-114)109-71(130)48(13-10-22-95-87(91)92)98-79(138)57(30-66(125)126)108-76(135)52(24-42-11-8-7-9-12-42)103-83(142)60(35-115)111-80(139)58(31-67(127)128)107-74(133)51(23-39(2)3)102-77(136)54(26-44-32-93-37-96-44)101-70(129)47(88)28-65(123)124/h7-9,11-12,14-17,32-33,37-41,47-61,68-69,114-118H,6,10,13,18-31,34-36,88H2,1-5H3,(H2,89,119)(H2,90,120)(H,93,96)(H,94,97)(H,98,138)(H,99,131)(H,100,144)(H,101,129)(H,102,136)(H,103,142)(H,104,141)(H,105,137)(H,106,134)(H,107,133)(H,108,135)(H,109,130)(H,110,132)(H,111,139)(H,112,143)(H,113,140)(H,121,122)(H,123,124)(H,125,126)(H,127,128)(H,145,146)(H4,91,92,95)/t40-,41+,47-,48-,49-,50-,51-,52-,53-,54-,55-,56-,57-,58-,59-,60-,61-,68-,69-/m0/s1. The number of phenolic OH excluding ortho intramolecular Hbond substituents is 1. The van der Waals surface area contributed by atoms with Gasteiger partial charge in [0, 0.05) is 68.9 Å². The Labute approximate surface area is 831 Å². The predicted molar refractivity (Wildman–Crippen MR) is 500 cm³/mol. The maximum atomic E-state index is 14.8. The number of aromatic nitrogens is 4. The van der Waals surface area contributed by atoms with Crippen molar-refractivity contribution < 1.29 is 161 Å². The number of benzene rings is 2. The minimum Gasteiger partial charge on any atom is -0.508 e. The van der Waals surface area contributed by atoms with E-state index in [1.807, 2.05) is 0 Å². The number of nitrogens with two attached hydrogens (primary N) is 4. The summed E-state index contributed by atoms with van der Waals surface area (Å²) in [6, 6.07) is -21.0. The predicted octanol–water partition coefficient (Wildman–Crippen LogP) is -12.6. The Morgan fingerprint density at radius 1 is 0.370 bits per heavy atom. The van der Waals surface area contributed by atoms with Crippen molar-refractivity contribution in [1.29, 1.82) is 5.41 Å². The number of carboxylic acids is 5. The van der Waals surface area contributed by atoms with E-state index in [2.05, 4.69) is 110 Å². The number of aliphatic hydroxyl groups excluding tert-OH is 4. The van der Waals surface area contributed by atoms with Gasteiger partial charge >= 0.3 is 29.8 Å². The van der Waals surface area contributed by atoms with Gasteiger partial charge in [0.05, 0.1) is 70.3 Å². The fourth-order valence-corrected chi connectivity index (χ4v) is 13.8. The molecule has 18 amide bonds. The molecule has 0 aliphatic heterocycles. The molecule has 0 spiro atoms. The van der Waals surface area contributed by atoms with E-state index in [0.29, 0.717) is 0 Å². The molecular weight excluding hydrogens is 1940 g/mol. The summed E-state index contributed by atoms with van der Waals surface area (Å²) in [5.41, 5.74) is 22.8. The molecule has 0 aliphatic carbocycles. The van der Waals surface area contributed by atoms with Crippen LogP contribution in [0.25, 0.3) is 0 Å². The molecule has 802 valence electrons. The van der Waals surface area contributed by atoms with Crippen LogP contribution >= 0.6 is 0 Å². The first kappa shape index (κ1) is 122. The summed E-state index contributed by atoms with van der Waals surface area (Å²) in [6.07, 6.45) is -7.66. The van der Waals surface area contributed by atoms with Crippen LogP contribution in [-0.2, 0) is 136 Å². The van der Waals surface area contributed by atoms with Crippen LogP contribution in [0.3, 0.4) is 0 Å². The van der Waals surface area contributed by atoms with E-state index >= 15 is 0 Å². The maximum Gasteiger partial charge on any atom is 0.326 e. The lowest BCUT2D eigenvalue weighted by Crippen LogP contribution is -2.63. The number of carbonyl (C=O) groups excluding carboxylic acids is 18. The number of nitrogens with zero attached hydrogens (tertiary/aromatic N) is 2. The molecule has 19 atom stereocenters. The number of rotatable bonds is 67. The molecule has 2 heterocycles. The molecule has 59 heteroatoms. The Bertz CT molecular complexity index is 5190. The van der Waals surface area contributed by atoms with Gasteiger partial charge in [0.15, 0.2) is 5.96 Å². The lowest BCUT2D eigenvalue weighted by Gasteiger charge is -2.29. The molecule has 0 bridgehead atoms. The highest BCUT2D eigenvalue weighted by molar-refractivity contribution is 6.03. The fraction of sp³-hybridized carbons (Fsp3) is 0.517. The number of hydrogen-bond donors (Lipinski definition) is 34. The van der Waals surface area contributed by atoms with Crippen LogP contribution in [-0.4, -0.2) is 348 Å². The molecule has 0 unspecified atom stereocenters. The van der Waals surface area contributed by atoms with Crippen LogP contribution in [0, 0.1) is 17.2 Å².